The second-order valence-electron chi connectivity index (χ2n) is 4.22. The highest BCUT2D eigenvalue weighted by Crippen LogP contribution is 2.26. The molecule has 0 atom stereocenters. The molecule has 1 aliphatic rings. The van der Waals surface area contributed by atoms with Gasteiger partial charge in [-0.3, -0.25) is 4.79 Å². The van der Waals surface area contributed by atoms with E-state index >= 15 is 0 Å². The zero-order valence-electron chi connectivity index (χ0n) is 9.62. The predicted octanol–water partition coefficient (Wildman–Crippen LogP) is 3.35. The number of amides is 1. The van der Waals surface area contributed by atoms with Gasteiger partial charge in [0.25, 0.3) is 0 Å². The summed E-state index contributed by atoms with van der Waals surface area (Å²) in [4.78, 5) is 12.7. The van der Waals surface area contributed by atoms with Crippen molar-refractivity contribution in [1.29, 1.82) is 0 Å². The summed E-state index contributed by atoms with van der Waals surface area (Å²) in [6, 6.07) is 7.77. The largest absolute Gasteiger partial charge is 0.355 e. The molecule has 17 heavy (non-hydrogen) atoms. The molecule has 0 spiro atoms. The zero-order chi connectivity index (χ0) is 12.1. The summed E-state index contributed by atoms with van der Waals surface area (Å²) < 4.78 is 0. The number of rotatable bonds is 5. The molecule has 1 fully saturated rings. The van der Waals surface area contributed by atoms with Crippen molar-refractivity contribution in [2.75, 3.05) is 12.3 Å². The Bertz CT molecular complexity index is 376. The van der Waals surface area contributed by atoms with Gasteiger partial charge in [0, 0.05) is 28.1 Å². The number of thioether (sulfide) groups is 1. The summed E-state index contributed by atoms with van der Waals surface area (Å²) in [6.07, 6.45) is 3.34. The van der Waals surface area contributed by atoms with Gasteiger partial charge in [0.05, 0.1) is 0 Å². The lowest BCUT2D eigenvalue weighted by atomic mass is 9.85. The summed E-state index contributed by atoms with van der Waals surface area (Å²) in [5, 5.41) is 3.74. The summed E-state index contributed by atoms with van der Waals surface area (Å²) in [7, 11) is 0. The fourth-order valence-electron chi connectivity index (χ4n) is 1.69. The van der Waals surface area contributed by atoms with Gasteiger partial charge in [-0.25, -0.2) is 0 Å². The Kier molecular flexibility index (Phi) is 4.75. The van der Waals surface area contributed by atoms with Gasteiger partial charge >= 0.3 is 0 Å². The molecule has 1 aromatic rings. The molecule has 1 aromatic carbocycles. The number of carbonyl (C=O) groups excluding carboxylic acids is 1. The molecule has 1 N–H and O–H groups in total. The van der Waals surface area contributed by atoms with Crippen LogP contribution < -0.4 is 5.32 Å². The first-order valence-corrected chi connectivity index (χ1v) is 7.28. The highest BCUT2D eigenvalue weighted by molar-refractivity contribution is 7.99. The molecule has 0 unspecified atom stereocenters. The van der Waals surface area contributed by atoms with E-state index in [1.54, 1.807) is 11.8 Å². The Morgan fingerprint density at radius 2 is 2.06 bits per heavy atom. The van der Waals surface area contributed by atoms with E-state index in [0.29, 0.717) is 0 Å². The molecule has 0 aromatic heterocycles. The first-order valence-electron chi connectivity index (χ1n) is 5.92. The van der Waals surface area contributed by atoms with Crippen molar-refractivity contribution in [3.05, 3.63) is 29.3 Å². The van der Waals surface area contributed by atoms with Crippen molar-refractivity contribution < 1.29 is 4.79 Å². The number of hydrogen-bond acceptors (Lipinski definition) is 2. The van der Waals surface area contributed by atoms with E-state index in [0.717, 1.165) is 30.2 Å². The van der Waals surface area contributed by atoms with E-state index in [1.807, 2.05) is 24.3 Å². The molecule has 0 radical (unpaired) electrons. The van der Waals surface area contributed by atoms with Crippen LogP contribution in [0, 0.1) is 5.92 Å². The average molecular weight is 270 g/mol. The van der Waals surface area contributed by atoms with Crippen LogP contribution in [-0.4, -0.2) is 18.2 Å². The van der Waals surface area contributed by atoms with Gasteiger partial charge in [-0.15, -0.1) is 11.8 Å². The maximum atomic E-state index is 11.5. The molecule has 0 saturated heterocycles. The number of halogens is 1. The molecule has 1 amide bonds. The van der Waals surface area contributed by atoms with Crippen LogP contribution >= 0.6 is 23.4 Å². The molecular formula is C13H16ClNOS. The van der Waals surface area contributed by atoms with Crippen LogP contribution in [0.2, 0.25) is 5.02 Å². The fraction of sp³-hybridized carbons (Fsp3) is 0.462. The summed E-state index contributed by atoms with van der Waals surface area (Å²) in [6.45, 7) is 0.739. The third-order valence-electron chi connectivity index (χ3n) is 2.96. The van der Waals surface area contributed by atoms with Gasteiger partial charge in [0.15, 0.2) is 0 Å². The third-order valence-corrected chi connectivity index (χ3v) is 4.23. The van der Waals surface area contributed by atoms with Crippen molar-refractivity contribution in [3.8, 4) is 0 Å². The standard InChI is InChI=1S/C13H16ClNOS/c14-11-4-6-12(7-5-11)17-9-8-15-13(16)10-2-1-3-10/h4-7,10H,1-3,8-9H2,(H,15,16). The van der Waals surface area contributed by atoms with Gasteiger partial charge in [0.1, 0.15) is 0 Å². The summed E-state index contributed by atoms with van der Waals surface area (Å²) >= 11 is 7.54. The summed E-state index contributed by atoms with van der Waals surface area (Å²) in [5.74, 6) is 1.42. The Morgan fingerprint density at radius 3 is 2.65 bits per heavy atom. The van der Waals surface area contributed by atoms with E-state index in [1.165, 1.54) is 11.3 Å². The van der Waals surface area contributed by atoms with Crippen molar-refractivity contribution in [1.82, 2.24) is 5.32 Å². The molecular weight excluding hydrogens is 254 g/mol. The van der Waals surface area contributed by atoms with Gasteiger partial charge in [-0.1, -0.05) is 18.0 Å². The third kappa shape index (κ3) is 3.93. The maximum absolute atomic E-state index is 11.5. The Morgan fingerprint density at radius 1 is 1.35 bits per heavy atom. The smallest absolute Gasteiger partial charge is 0.223 e. The van der Waals surface area contributed by atoms with E-state index in [-0.39, 0.29) is 11.8 Å². The minimum absolute atomic E-state index is 0.230. The highest BCUT2D eigenvalue weighted by Gasteiger charge is 2.24. The lowest BCUT2D eigenvalue weighted by molar-refractivity contribution is -0.127. The SMILES string of the molecule is O=C(NCCSc1ccc(Cl)cc1)C1CCC1. The zero-order valence-corrected chi connectivity index (χ0v) is 11.2. The van der Waals surface area contributed by atoms with Gasteiger partial charge in [-0.05, 0) is 37.1 Å². The molecule has 0 aliphatic heterocycles. The molecule has 0 bridgehead atoms. The van der Waals surface area contributed by atoms with E-state index in [2.05, 4.69) is 5.32 Å². The molecule has 2 rings (SSSR count). The van der Waals surface area contributed by atoms with Crippen LogP contribution in [0.5, 0.6) is 0 Å². The van der Waals surface area contributed by atoms with Crippen LogP contribution in [0.15, 0.2) is 29.2 Å². The first-order chi connectivity index (χ1) is 8.25. The van der Waals surface area contributed by atoms with Gasteiger partial charge < -0.3 is 5.32 Å². The lowest BCUT2D eigenvalue weighted by Crippen LogP contribution is -2.35. The van der Waals surface area contributed by atoms with Crippen molar-refractivity contribution in [2.45, 2.75) is 24.2 Å². The van der Waals surface area contributed by atoms with Crippen LogP contribution in [0.25, 0.3) is 0 Å². The van der Waals surface area contributed by atoms with Crippen LogP contribution in [0.3, 0.4) is 0 Å². The first kappa shape index (κ1) is 12.8. The van der Waals surface area contributed by atoms with Crippen LogP contribution in [0.4, 0.5) is 0 Å². The molecule has 0 heterocycles. The van der Waals surface area contributed by atoms with Crippen LogP contribution in [-0.2, 0) is 4.79 Å². The monoisotopic (exact) mass is 269 g/mol. The van der Waals surface area contributed by atoms with Gasteiger partial charge in [0.2, 0.25) is 5.91 Å². The Balaban J connectivity index is 1.62. The van der Waals surface area contributed by atoms with Crippen molar-refractivity contribution in [2.24, 2.45) is 5.92 Å². The normalized spacial score (nSPS) is 15.4. The second kappa shape index (κ2) is 6.31. The Hall–Kier alpha value is -0.670. The number of benzene rings is 1. The molecule has 1 saturated carbocycles. The maximum Gasteiger partial charge on any atom is 0.223 e. The highest BCUT2D eigenvalue weighted by atomic mass is 35.5. The van der Waals surface area contributed by atoms with Gasteiger partial charge in [-0.2, -0.15) is 0 Å². The topological polar surface area (TPSA) is 29.1 Å². The van der Waals surface area contributed by atoms with Crippen molar-refractivity contribution in [3.63, 3.8) is 0 Å². The second-order valence-corrected chi connectivity index (χ2v) is 5.83. The predicted molar refractivity (Wildman–Crippen MR) is 72.5 cm³/mol. The Labute approximate surface area is 111 Å². The average Bonchev–Trinajstić information content (AvgIpc) is 2.24. The van der Waals surface area contributed by atoms with Crippen LogP contribution in [0.1, 0.15) is 19.3 Å². The lowest BCUT2D eigenvalue weighted by Gasteiger charge is -2.23. The number of nitrogens with one attached hydrogen (secondary N) is 1. The summed E-state index contributed by atoms with van der Waals surface area (Å²) in [5.41, 5.74) is 0. The molecule has 4 heteroatoms. The number of carbonyl (C=O) groups is 1. The number of hydrogen-bond donors (Lipinski definition) is 1. The van der Waals surface area contributed by atoms with E-state index in [4.69, 9.17) is 11.6 Å². The van der Waals surface area contributed by atoms with E-state index < -0.39 is 0 Å². The minimum atomic E-state index is 0.230. The molecule has 92 valence electrons. The fourth-order valence-corrected chi connectivity index (χ4v) is 2.58. The minimum Gasteiger partial charge on any atom is -0.355 e. The quantitative estimate of drug-likeness (QED) is 0.656. The molecule has 1 aliphatic carbocycles. The van der Waals surface area contributed by atoms with Crippen molar-refractivity contribution >= 4 is 29.3 Å². The molecule has 2 nitrogen and oxygen atoms in total. The van der Waals surface area contributed by atoms with E-state index in [9.17, 15) is 4.79 Å².